The molecule has 0 fully saturated rings. The maximum Gasteiger partial charge on any atom is 0.255 e. The number of anilines is 1. The quantitative estimate of drug-likeness (QED) is 0.769. The molecule has 0 aliphatic heterocycles. The minimum Gasteiger partial charge on any atom is -0.358 e. The second-order valence-corrected chi connectivity index (χ2v) is 6.55. The van der Waals surface area contributed by atoms with Gasteiger partial charge in [-0.3, -0.25) is 9.59 Å². The fraction of sp³-hybridized carbons (Fsp3) is 0.300. The highest BCUT2D eigenvalue weighted by Gasteiger charge is 2.17. The summed E-state index contributed by atoms with van der Waals surface area (Å²) in [6.45, 7) is 2.47. The van der Waals surface area contributed by atoms with Crippen LogP contribution in [-0.2, 0) is 19.4 Å². The molecular weight excluding hydrogens is 314 g/mol. The molecule has 0 unspecified atom stereocenters. The Morgan fingerprint density at radius 2 is 2.04 bits per heavy atom. The molecule has 5 heteroatoms. The molecule has 0 saturated carbocycles. The zero-order valence-electron chi connectivity index (χ0n) is 14.3. The molecule has 0 bridgehead atoms. The number of fused-ring (bicyclic) bond motifs is 3. The van der Waals surface area contributed by atoms with Gasteiger partial charge in [-0.05, 0) is 62.4 Å². The number of aromatic nitrogens is 2. The number of hydrogen-bond donors (Lipinski definition) is 2. The summed E-state index contributed by atoms with van der Waals surface area (Å²) in [5.41, 5.74) is 4.96. The molecule has 0 spiro atoms. The molecule has 0 saturated heterocycles. The highest BCUT2D eigenvalue weighted by atomic mass is 16.1. The topological polar surface area (TPSA) is 66.9 Å². The summed E-state index contributed by atoms with van der Waals surface area (Å²) < 4.78 is 1.57. The van der Waals surface area contributed by atoms with Gasteiger partial charge >= 0.3 is 0 Å². The molecule has 25 heavy (non-hydrogen) atoms. The van der Waals surface area contributed by atoms with E-state index in [9.17, 15) is 9.59 Å². The lowest BCUT2D eigenvalue weighted by atomic mass is 9.95. The Kier molecular flexibility index (Phi) is 3.92. The average Bonchev–Trinajstić information content (AvgIpc) is 3.01. The summed E-state index contributed by atoms with van der Waals surface area (Å²) in [6.07, 6.45) is 6.26. The normalized spacial score (nSPS) is 13.6. The second kappa shape index (κ2) is 6.24. The van der Waals surface area contributed by atoms with Crippen LogP contribution in [0.4, 0.5) is 5.69 Å². The van der Waals surface area contributed by atoms with E-state index in [4.69, 9.17) is 0 Å². The predicted octanol–water partition coefficient (Wildman–Crippen LogP) is 3.48. The molecule has 2 N–H and O–H groups in total. The summed E-state index contributed by atoms with van der Waals surface area (Å²) in [5, 5.41) is 4.04. The van der Waals surface area contributed by atoms with Crippen LogP contribution in [0.25, 0.3) is 10.9 Å². The summed E-state index contributed by atoms with van der Waals surface area (Å²) in [7, 11) is 0. The number of aromatic amines is 1. The van der Waals surface area contributed by atoms with E-state index in [1.54, 1.807) is 16.8 Å². The van der Waals surface area contributed by atoms with Crippen molar-refractivity contribution in [2.24, 2.45) is 0 Å². The van der Waals surface area contributed by atoms with E-state index in [-0.39, 0.29) is 11.5 Å². The maximum absolute atomic E-state index is 12.6. The number of rotatable bonds is 3. The van der Waals surface area contributed by atoms with Crippen LogP contribution in [0.5, 0.6) is 0 Å². The molecular formula is C20H21N3O2. The van der Waals surface area contributed by atoms with Gasteiger partial charge in [-0.15, -0.1) is 0 Å². The van der Waals surface area contributed by atoms with Crippen molar-refractivity contribution < 1.29 is 4.79 Å². The molecule has 4 rings (SSSR count). The Balaban J connectivity index is 1.65. The molecule has 5 nitrogen and oxygen atoms in total. The van der Waals surface area contributed by atoms with Crippen molar-refractivity contribution >= 4 is 22.5 Å². The molecule has 1 aliphatic carbocycles. The maximum atomic E-state index is 12.6. The predicted molar refractivity (Wildman–Crippen MR) is 99.3 cm³/mol. The minimum absolute atomic E-state index is 0.0686. The van der Waals surface area contributed by atoms with Crippen LogP contribution in [-0.4, -0.2) is 15.5 Å². The van der Waals surface area contributed by atoms with Crippen molar-refractivity contribution in [1.82, 2.24) is 9.55 Å². The standard InChI is InChI=1S/C20H21N3O2/c1-2-23-12-14(8-10-19(23)24)21-20(25)13-7-9-18-16(11-13)15-5-3-4-6-17(15)22-18/h7-12,22H,2-6H2,1H3,(H,21,25). The third kappa shape index (κ3) is 2.86. The summed E-state index contributed by atoms with van der Waals surface area (Å²) in [6, 6.07) is 8.92. The first-order chi connectivity index (χ1) is 12.2. The molecule has 2 aromatic heterocycles. The highest BCUT2D eigenvalue weighted by molar-refractivity contribution is 6.06. The van der Waals surface area contributed by atoms with E-state index >= 15 is 0 Å². The Bertz CT molecular complexity index is 1010. The SMILES string of the molecule is CCn1cc(NC(=O)c2ccc3[nH]c4c(c3c2)CCCC4)ccc1=O. The van der Waals surface area contributed by atoms with Gasteiger partial charge in [0.15, 0.2) is 0 Å². The van der Waals surface area contributed by atoms with Gasteiger partial charge in [0.25, 0.3) is 11.5 Å². The van der Waals surface area contributed by atoms with Crippen molar-refractivity contribution in [2.75, 3.05) is 5.32 Å². The number of pyridine rings is 1. The van der Waals surface area contributed by atoms with Crippen LogP contribution < -0.4 is 10.9 Å². The largest absolute Gasteiger partial charge is 0.358 e. The van der Waals surface area contributed by atoms with Crippen LogP contribution in [0.2, 0.25) is 0 Å². The Hall–Kier alpha value is -2.82. The van der Waals surface area contributed by atoms with Crippen molar-refractivity contribution in [3.8, 4) is 0 Å². The van der Waals surface area contributed by atoms with Crippen molar-refractivity contribution in [3.63, 3.8) is 0 Å². The summed E-state index contributed by atoms with van der Waals surface area (Å²) >= 11 is 0. The third-order valence-corrected chi connectivity index (χ3v) is 4.94. The first kappa shape index (κ1) is 15.7. The number of H-pyrrole nitrogens is 1. The molecule has 0 atom stereocenters. The Labute approximate surface area is 145 Å². The summed E-state index contributed by atoms with van der Waals surface area (Å²) in [5.74, 6) is -0.158. The molecule has 1 aliphatic rings. The smallest absolute Gasteiger partial charge is 0.255 e. The van der Waals surface area contributed by atoms with Gasteiger partial charge in [0, 0.05) is 41.0 Å². The minimum atomic E-state index is -0.158. The number of carbonyl (C=O) groups is 1. The van der Waals surface area contributed by atoms with E-state index in [0.29, 0.717) is 17.8 Å². The van der Waals surface area contributed by atoms with E-state index in [1.165, 1.54) is 30.2 Å². The fourth-order valence-corrected chi connectivity index (χ4v) is 3.60. The van der Waals surface area contributed by atoms with Gasteiger partial charge in [-0.1, -0.05) is 0 Å². The van der Waals surface area contributed by atoms with Crippen molar-refractivity contribution in [3.05, 3.63) is 63.7 Å². The zero-order valence-corrected chi connectivity index (χ0v) is 14.3. The van der Waals surface area contributed by atoms with Gasteiger partial charge < -0.3 is 14.9 Å². The van der Waals surface area contributed by atoms with Crippen LogP contribution >= 0.6 is 0 Å². The van der Waals surface area contributed by atoms with E-state index in [1.807, 2.05) is 25.1 Å². The summed E-state index contributed by atoms with van der Waals surface area (Å²) in [4.78, 5) is 27.8. The lowest BCUT2D eigenvalue weighted by molar-refractivity contribution is 0.102. The molecule has 2 heterocycles. The number of amides is 1. The lowest BCUT2D eigenvalue weighted by Gasteiger charge is -2.11. The monoisotopic (exact) mass is 335 g/mol. The number of nitrogens with one attached hydrogen (secondary N) is 2. The number of aryl methyl sites for hydroxylation is 3. The molecule has 128 valence electrons. The molecule has 3 aromatic rings. The van der Waals surface area contributed by atoms with Crippen LogP contribution in [0, 0.1) is 0 Å². The van der Waals surface area contributed by atoms with E-state index < -0.39 is 0 Å². The van der Waals surface area contributed by atoms with Gasteiger partial charge in [-0.25, -0.2) is 0 Å². The molecule has 1 amide bonds. The lowest BCUT2D eigenvalue weighted by Crippen LogP contribution is -2.19. The van der Waals surface area contributed by atoms with Crippen molar-refractivity contribution in [2.45, 2.75) is 39.2 Å². The van der Waals surface area contributed by atoms with Gasteiger partial charge in [0.2, 0.25) is 0 Å². The van der Waals surface area contributed by atoms with Gasteiger partial charge in [0.1, 0.15) is 0 Å². The van der Waals surface area contributed by atoms with Gasteiger partial charge in [-0.2, -0.15) is 0 Å². The van der Waals surface area contributed by atoms with Gasteiger partial charge in [0.05, 0.1) is 5.69 Å². The highest BCUT2D eigenvalue weighted by Crippen LogP contribution is 2.29. The molecule has 0 radical (unpaired) electrons. The van der Waals surface area contributed by atoms with E-state index in [0.717, 1.165) is 23.7 Å². The van der Waals surface area contributed by atoms with Crippen molar-refractivity contribution in [1.29, 1.82) is 0 Å². The number of nitrogens with zero attached hydrogens (tertiary/aromatic N) is 1. The Morgan fingerprint density at radius 3 is 2.88 bits per heavy atom. The molecule has 1 aromatic carbocycles. The van der Waals surface area contributed by atoms with Crippen LogP contribution in [0.3, 0.4) is 0 Å². The second-order valence-electron chi connectivity index (χ2n) is 6.55. The van der Waals surface area contributed by atoms with Crippen LogP contribution in [0.15, 0.2) is 41.3 Å². The van der Waals surface area contributed by atoms with E-state index in [2.05, 4.69) is 10.3 Å². The zero-order chi connectivity index (χ0) is 17.4. The van der Waals surface area contributed by atoms with Crippen LogP contribution in [0.1, 0.15) is 41.4 Å². The first-order valence-corrected chi connectivity index (χ1v) is 8.81. The number of hydrogen-bond acceptors (Lipinski definition) is 2. The first-order valence-electron chi connectivity index (χ1n) is 8.81. The third-order valence-electron chi connectivity index (χ3n) is 4.94. The Morgan fingerprint density at radius 1 is 1.20 bits per heavy atom. The average molecular weight is 335 g/mol. The number of carbonyl (C=O) groups excluding carboxylic acids is 1. The fourth-order valence-electron chi connectivity index (χ4n) is 3.60. The number of benzene rings is 1.